The molecule has 116 valence electrons. The Kier molecular flexibility index (Phi) is 6.74. The van der Waals surface area contributed by atoms with Crippen LogP contribution >= 0.6 is 23.2 Å². The molecule has 0 aliphatic rings. The van der Waals surface area contributed by atoms with E-state index in [9.17, 15) is 14.7 Å². The van der Waals surface area contributed by atoms with Gasteiger partial charge in [-0.25, -0.2) is 4.79 Å². The SMILES string of the molecule is CC(O)C(NC(=O)CCOc1ccc(Cl)c(Cl)c1)C(=O)O. The number of aliphatic hydroxyl groups excluding tert-OH is 1. The highest BCUT2D eigenvalue weighted by Gasteiger charge is 2.24. The summed E-state index contributed by atoms with van der Waals surface area (Å²) < 4.78 is 5.30. The zero-order chi connectivity index (χ0) is 16.0. The summed E-state index contributed by atoms with van der Waals surface area (Å²) in [4.78, 5) is 22.4. The Morgan fingerprint density at radius 1 is 1.33 bits per heavy atom. The number of amides is 1. The van der Waals surface area contributed by atoms with Crippen LogP contribution in [0.15, 0.2) is 18.2 Å². The lowest BCUT2D eigenvalue weighted by atomic mass is 10.2. The second kappa shape index (κ2) is 8.07. The largest absolute Gasteiger partial charge is 0.493 e. The number of carbonyl (C=O) groups excluding carboxylic acids is 1. The molecule has 0 spiro atoms. The number of hydrogen-bond donors (Lipinski definition) is 3. The quantitative estimate of drug-likeness (QED) is 0.705. The van der Waals surface area contributed by atoms with E-state index in [4.69, 9.17) is 33.0 Å². The summed E-state index contributed by atoms with van der Waals surface area (Å²) in [6.07, 6.45) is -1.25. The molecule has 3 N–H and O–H groups in total. The monoisotopic (exact) mass is 335 g/mol. The van der Waals surface area contributed by atoms with Crippen LogP contribution < -0.4 is 10.1 Å². The van der Waals surface area contributed by atoms with Crippen molar-refractivity contribution in [2.75, 3.05) is 6.61 Å². The molecule has 0 fully saturated rings. The van der Waals surface area contributed by atoms with Gasteiger partial charge in [0.15, 0.2) is 6.04 Å². The average Bonchev–Trinajstić information content (AvgIpc) is 2.39. The molecule has 0 aliphatic heterocycles. The molecule has 1 rings (SSSR count). The molecular weight excluding hydrogens is 321 g/mol. The van der Waals surface area contributed by atoms with Crippen LogP contribution in [-0.2, 0) is 9.59 Å². The van der Waals surface area contributed by atoms with Crippen molar-refractivity contribution in [3.05, 3.63) is 28.2 Å². The zero-order valence-electron chi connectivity index (χ0n) is 11.2. The Morgan fingerprint density at radius 2 is 2.00 bits per heavy atom. The van der Waals surface area contributed by atoms with Gasteiger partial charge in [-0.1, -0.05) is 23.2 Å². The third kappa shape index (κ3) is 5.79. The van der Waals surface area contributed by atoms with Crippen LogP contribution in [0.25, 0.3) is 0 Å². The fourth-order valence-electron chi connectivity index (χ4n) is 1.46. The second-order valence-corrected chi connectivity index (χ2v) is 5.11. The van der Waals surface area contributed by atoms with Gasteiger partial charge in [0.1, 0.15) is 5.75 Å². The Balaban J connectivity index is 2.42. The van der Waals surface area contributed by atoms with Crippen LogP contribution in [0.3, 0.4) is 0 Å². The molecule has 6 nitrogen and oxygen atoms in total. The van der Waals surface area contributed by atoms with Crippen LogP contribution in [0.5, 0.6) is 5.75 Å². The molecule has 0 heterocycles. The van der Waals surface area contributed by atoms with E-state index in [1.54, 1.807) is 12.1 Å². The van der Waals surface area contributed by atoms with Gasteiger partial charge in [0.25, 0.3) is 0 Å². The predicted octanol–water partition coefficient (Wildman–Crippen LogP) is 1.71. The first-order valence-electron chi connectivity index (χ1n) is 6.09. The third-order valence-corrected chi connectivity index (χ3v) is 3.29. The van der Waals surface area contributed by atoms with Crippen molar-refractivity contribution in [1.29, 1.82) is 0 Å². The first-order chi connectivity index (χ1) is 9.81. The Hall–Kier alpha value is -1.50. The molecule has 21 heavy (non-hydrogen) atoms. The van der Waals surface area contributed by atoms with Crippen molar-refractivity contribution in [2.45, 2.75) is 25.5 Å². The van der Waals surface area contributed by atoms with Gasteiger partial charge in [-0.2, -0.15) is 0 Å². The molecule has 2 atom stereocenters. The number of aliphatic carboxylic acids is 1. The maximum atomic E-state index is 11.6. The molecular formula is C13H15Cl2NO5. The highest BCUT2D eigenvalue weighted by molar-refractivity contribution is 6.42. The number of carboxylic acids is 1. The number of ether oxygens (including phenoxy) is 1. The summed E-state index contributed by atoms with van der Waals surface area (Å²) in [5.41, 5.74) is 0. The van der Waals surface area contributed by atoms with Crippen molar-refractivity contribution in [1.82, 2.24) is 5.32 Å². The number of carboxylic acid groups (broad SMARTS) is 1. The number of hydrogen-bond acceptors (Lipinski definition) is 4. The molecule has 0 radical (unpaired) electrons. The van der Waals surface area contributed by atoms with Gasteiger partial charge < -0.3 is 20.3 Å². The van der Waals surface area contributed by atoms with Crippen LogP contribution in [-0.4, -0.2) is 40.8 Å². The van der Waals surface area contributed by atoms with Crippen LogP contribution in [0.2, 0.25) is 10.0 Å². The minimum Gasteiger partial charge on any atom is -0.493 e. The summed E-state index contributed by atoms with van der Waals surface area (Å²) in [5, 5.41) is 21.0. The molecule has 0 aliphatic carbocycles. The first-order valence-corrected chi connectivity index (χ1v) is 6.85. The summed E-state index contributed by atoms with van der Waals surface area (Å²) in [7, 11) is 0. The van der Waals surface area contributed by atoms with E-state index in [0.29, 0.717) is 15.8 Å². The highest BCUT2D eigenvalue weighted by Crippen LogP contribution is 2.26. The van der Waals surface area contributed by atoms with Gasteiger partial charge >= 0.3 is 5.97 Å². The normalized spacial score (nSPS) is 13.3. The van der Waals surface area contributed by atoms with Crippen molar-refractivity contribution in [2.24, 2.45) is 0 Å². The lowest BCUT2D eigenvalue weighted by molar-refractivity contribution is -0.144. The molecule has 1 aromatic rings. The Morgan fingerprint density at radius 3 is 2.52 bits per heavy atom. The fourth-order valence-corrected chi connectivity index (χ4v) is 1.75. The summed E-state index contributed by atoms with van der Waals surface area (Å²) >= 11 is 11.6. The first kappa shape index (κ1) is 17.6. The minimum absolute atomic E-state index is 0.0376. The Bertz CT molecular complexity index is 521. The van der Waals surface area contributed by atoms with Gasteiger partial charge in [0.2, 0.25) is 5.91 Å². The lowest BCUT2D eigenvalue weighted by Gasteiger charge is -2.17. The molecule has 0 bridgehead atoms. The number of halogens is 2. The molecule has 1 aromatic carbocycles. The summed E-state index contributed by atoms with van der Waals surface area (Å²) in [5.74, 6) is -1.39. The van der Waals surface area contributed by atoms with Gasteiger partial charge in [-0.05, 0) is 19.1 Å². The predicted molar refractivity (Wildman–Crippen MR) is 77.8 cm³/mol. The van der Waals surface area contributed by atoms with Crippen molar-refractivity contribution in [3.63, 3.8) is 0 Å². The number of nitrogens with one attached hydrogen (secondary N) is 1. The smallest absolute Gasteiger partial charge is 0.328 e. The fraction of sp³-hybridized carbons (Fsp3) is 0.385. The van der Waals surface area contributed by atoms with E-state index in [1.807, 2.05) is 0 Å². The van der Waals surface area contributed by atoms with E-state index in [0.717, 1.165) is 0 Å². The molecule has 2 unspecified atom stereocenters. The van der Waals surface area contributed by atoms with Crippen LogP contribution in [0.4, 0.5) is 0 Å². The van der Waals surface area contributed by atoms with E-state index < -0.39 is 24.0 Å². The molecule has 8 heteroatoms. The summed E-state index contributed by atoms with van der Waals surface area (Å²) in [6.45, 7) is 1.32. The number of aliphatic hydroxyl groups is 1. The van der Waals surface area contributed by atoms with Crippen molar-refractivity contribution < 1.29 is 24.5 Å². The maximum absolute atomic E-state index is 11.6. The maximum Gasteiger partial charge on any atom is 0.328 e. The molecule has 1 amide bonds. The van der Waals surface area contributed by atoms with Crippen LogP contribution in [0.1, 0.15) is 13.3 Å². The number of rotatable bonds is 7. The highest BCUT2D eigenvalue weighted by atomic mass is 35.5. The van der Waals surface area contributed by atoms with Gasteiger partial charge in [-0.3, -0.25) is 4.79 Å². The number of benzene rings is 1. The third-order valence-electron chi connectivity index (χ3n) is 2.55. The van der Waals surface area contributed by atoms with Gasteiger partial charge in [0.05, 0.1) is 29.2 Å². The van der Waals surface area contributed by atoms with Gasteiger partial charge in [-0.15, -0.1) is 0 Å². The van der Waals surface area contributed by atoms with E-state index in [1.165, 1.54) is 13.0 Å². The molecule has 0 saturated heterocycles. The van der Waals surface area contributed by atoms with E-state index in [2.05, 4.69) is 5.32 Å². The standard InChI is InChI=1S/C13H15Cl2NO5/c1-7(17)12(13(19)20)16-11(18)4-5-21-8-2-3-9(14)10(15)6-8/h2-3,6-7,12,17H,4-5H2,1H3,(H,16,18)(H,19,20). The minimum atomic E-state index is -1.34. The summed E-state index contributed by atoms with van der Waals surface area (Å²) in [6, 6.07) is 3.33. The lowest BCUT2D eigenvalue weighted by Crippen LogP contribution is -2.47. The Labute approximate surface area is 131 Å². The van der Waals surface area contributed by atoms with Gasteiger partial charge in [0, 0.05) is 6.07 Å². The zero-order valence-corrected chi connectivity index (χ0v) is 12.7. The average molecular weight is 336 g/mol. The van der Waals surface area contributed by atoms with E-state index in [-0.39, 0.29) is 13.0 Å². The van der Waals surface area contributed by atoms with Crippen molar-refractivity contribution >= 4 is 35.1 Å². The molecule has 0 saturated carbocycles. The van der Waals surface area contributed by atoms with E-state index >= 15 is 0 Å². The second-order valence-electron chi connectivity index (χ2n) is 4.30. The van der Waals surface area contributed by atoms with Crippen molar-refractivity contribution in [3.8, 4) is 5.75 Å². The topological polar surface area (TPSA) is 95.9 Å². The van der Waals surface area contributed by atoms with Crippen LogP contribution in [0, 0.1) is 0 Å². The molecule has 0 aromatic heterocycles. The number of carbonyl (C=O) groups is 2.